The Morgan fingerprint density at radius 1 is 1.62 bits per heavy atom. The second-order valence-electron chi connectivity index (χ2n) is 2.93. The molecule has 1 heterocycles. The zero-order valence-electron chi connectivity index (χ0n) is 7.76. The van der Waals surface area contributed by atoms with Crippen molar-refractivity contribution in [3.8, 4) is 0 Å². The van der Waals surface area contributed by atoms with Gasteiger partial charge in [0.2, 0.25) is 0 Å². The molecule has 4 N–H and O–H groups in total. The third kappa shape index (κ3) is 3.63. The van der Waals surface area contributed by atoms with Gasteiger partial charge in [-0.2, -0.15) is 0 Å². The van der Waals surface area contributed by atoms with Gasteiger partial charge in [0.05, 0.1) is 6.04 Å². The zero-order valence-corrected chi connectivity index (χ0v) is 7.76. The van der Waals surface area contributed by atoms with Crippen molar-refractivity contribution in [1.29, 1.82) is 0 Å². The number of hydrogen-bond donors (Lipinski definition) is 2. The Balaban J connectivity index is 2.09. The largest absolute Gasteiger partial charge is 0.351 e. The monoisotopic (exact) mass is 184 g/mol. The Bertz CT molecular complexity index is 204. The number of epoxide rings is 1. The maximum absolute atomic E-state index is 5.70. The van der Waals surface area contributed by atoms with E-state index < -0.39 is 0 Å². The summed E-state index contributed by atoms with van der Waals surface area (Å²) in [4.78, 5) is 7.96. The van der Waals surface area contributed by atoms with Gasteiger partial charge in [-0.1, -0.05) is 0 Å². The van der Waals surface area contributed by atoms with E-state index in [4.69, 9.17) is 16.2 Å². The van der Waals surface area contributed by atoms with Crippen molar-refractivity contribution in [3.05, 3.63) is 0 Å². The van der Waals surface area contributed by atoms with E-state index in [-0.39, 0.29) is 18.4 Å². The smallest absolute Gasteiger partial charge is 0.134 e. The summed E-state index contributed by atoms with van der Waals surface area (Å²) in [6.07, 6.45) is 4.13. The van der Waals surface area contributed by atoms with E-state index in [2.05, 4.69) is 9.98 Å². The molecule has 0 aliphatic carbocycles. The maximum atomic E-state index is 5.70. The zero-order chi connectivity index (χ0) is 9.68. The molecule has 0 saturated carbocycles. The van der Waals surface area contributed by atoms with E-state index in [1.807, 2.05) is 6.21 Å². The number of nitrogens with zero attached hydrogens (tertiary/aromatic N) is 2. The number of hydrogen-bond acceptors (Lipinski definition) is 5. The predicted octanol–water partition coefficient (Wildman–Crippen LogP) is -0.841. The Morgan fingerprint density at radius 2 is 2.31 bits per heavy atom. The number of nitrogens with two attached hydrogens (primary N) is 2. The fraction of sp³-hybridized carbons (Fsp3) is 0.750. The predicted molar refractivity (Wildman–Crippen MR) is 53.2 cm³/mol. The molecule has 5 nitrogen and oxygen atoms in total. The quantitative estimate of drug-likeness (QED) is 0.331. The minimum absolute atomic E-state index is 0.0383. The maximum Gasteiger partial charge on any atom is 0.134 e. The fourth-order valence-electron chi connectivity index (χ4n) is 0.988. The van der Waals surface area contributed by atoms with Gasteiger partial charge >= 0.3 is 0 Å². The summed E-state index contributed by atoms with van der Waals surface area (Å²) in [5.74, 6) is 0. The van der Waals surface area contributed by atoms with Gasteiger partial charge in [-0.3, -0.25) is 4.99 Å². The van der Waals surface area contributed by atoms with E-state index >= 15 is 0 Å². The summed E-state index contributed by atoms with van der Waals surface area (Å²) in [5, 5.41) is 0. The lowest BCUT2D eigenvalue weighted by molar-refractivity contribution is 0.367. The summed E-state index contributed by atoms with van der Waals surface area (Å²) in [6, 6.07) is -0.173. The molecule has 1 rings (SSSR count). The Kier molecular flexibility index (Phi) is 4.01. The van der Waals surface area contributed by atoms with Gasteiger partial charge in [-0.25, -0.2) is 0 Å². The van der Waals surface area contributed by atoms with Crippen LogP contribution in [0.5, 0.6) is 0 Å². The minimum Gasteiger partial charge on any atom is -0.351 e. The van der Waals surface area contributed by atoms with Crippen molar-refractivity contribution in [2.45, 2.75) is 24.8 Å². The van der Waals surface area contributed by atoms with Crippen molar-refractivity contribution < 1.29 is 4.74 Å². The molecule has 0 spiro atoms. The van der Waals surface area contributed by atoms with Crippen LogP contribution in [0.3, 0.4) is 0 Å². The minimum atomic E-state index is -0.196. The van der Waals surface area contributed by atoms with Crippen LogP contribution in [0.15, 0.2) is 9.98 Å². The van der Waals surface area contributed by atoms with Crippen LogP contribution < -0.4 is 11.5 Å². The number of rotatable bonds is 5. The lowest BCUT2D eigenvalue weighted by atomic mass is 10.2. The molecule has 13 heavy (non-hydrogen) atoms. The van der Waals surface area contributed by atoms with Gasteiger partial charge in [-0.05, 0) is 0 Å². The van der Waals surface area contributed by atoms with Crippen molar-refractivity contribution >= 4 is 12.4 Å². The molecule has 1 saturated heterocycles. The van der Waals surface area contributed by atoms with Crippen molar-refractivity contribution in [2.24, 2.45) is 21.5 Å². The lowest BCUT2D eigenvalue weighted by Crippen LogP contribution is -2.31. The summed E-state index contributed by atoms with van der Waals surface area (Å²) < 4.78 is 4.99. The van der Waals surface area contributed by atoms with E-state index in [9.17, 15) is 0 Å². The topological polar surface area (TPSA) is 89.3 Å². The molecule has 74 valence electrons. The summed E-state index contributed by atoms with van der Waals surface area (Å²) >= 11 is 0. The molecule has 0 amide bonds. The van der Waals surface area contributed by atoms with Gasteiger partial charge in [0, 0.05) is 32.4 Å². The van der Waals surface area contributed by atoms with Gasteiger partial charge in [0.25, 0.3) is 0 Å². The second kappa shape index (κ2) is 5.06. The molecular weight excluding hydrogens is 168 g/mol. The van der Waals surface area contributed by atoms with Crippen molar-refractivity contribution in [2.75, 3.05) is 13.6 Å². The first-order valence-electron chi connectivity index (χ1n) is 4.33. The van der Waals surface area contributed by atoms with E-state index in [0.717, 1.165) is 6.42 Å². The summed E-state index contributed by atoms with van der Waals surface area (Å²) in [5.41, 5.74) is 11.1. The molecule has 3 atom stereocenters. The first-order valence-corrected chi connectivity index (χ1v) is 4.33. The second-order valence-corrected chi connectivity index (χ2v) is 2.93. The fourth-order valence-corrected chi connectivity index (χ4v) is 0.988. The average Bonchev–Trinajstić information content (AvgIpc) is 2.82. The Morgan fingerprint density at radius 3 is 2.85 bits per heavy atom. The lowest BCUT2D eigenvalue weighted by Gasteiger charge is -1.98. The molecule has 1 aliphatic rings. The summed E-state index contributed by atoms with van der Waals surface area (Å²) in [6.45, 7) is 0.715. The van der Waals surface area contributed by atoms with Crippen molar-refractivity contribution in [1.82, 2.24) is 0 Å². The molecule has 0 radical (unpaired) electrons. The molecule has 3 unspecified atom stereocenters. The number of aliphatic imine (C=N–C) groups is 2. The van der Waals surface area contributed by atoms with Gasteiger partial charge < -0.3 is 21.2 Å². The van der Waals surface area contributed by atoms with E-state index in [1.165, 1.54) is 0 Å². The molecule has 0 bridgehead atoms. The highest BCUT2D eigenvalue weighted by Gasteiger charge is 2.39. The highest BCUT2D eigenvalue weighted by Crippen LogP contribution is 2.17. The van der Waals surface area contributed by atoms with Crippen LogP contribution in [0.2, 0.25) is 0 Å². The molecule has 0 aromatic carbocycles. The molecule has 0 aromatic rings. The van der Waals surface area contributed by atoms with Crippen LogP contribution in [0.25, 0.3) is 0 Å². The highest BCUT2D eigenvalue weighted by molar-refractivity contribution is 5.66. The van der Waals surface area contributed by atoms with Crippen LogP contribution in [0.4, 0.5) is 0 Å². The standard InChI is InChI=1S/C8H16N4O/c1-11-3-2-4-12-5-6(9)7-8(10)13-7/h3,5-8H,2,4,9-10H2,1H3. The molecule has 1 aliphatic heterocycles. The molecule has 1 fully saturated rings. The van der Waals surface area contributed by atoms with Crippen LogP contribution in [0, 0.1) is 0 Å². The van der Waals surface area contributed by atoms with E-state index in [1.54, 1.807) is 13.3 Å². The average molecular weight is 184 g/mol. The van der Waals surface area contributed by atoms with Gasteiger partial charge in [0.15, 0.2) is 0 Å². The van der Waals surface area contributed by atoms with Crippen LogP contribution in [-0.4, -0.2) is 44.4 Å². The first-order chi connectivity index (χ1) is 6.25. The van der Waals surface area contributed by atoms with Crippen LogP contribution in [-0.2, 0) is 4.74 Å². The number of ether oxygens (including phenoxy) is 1. The van der Waals surface area contributed by atoms with Gasteiger partial charge in [-0.15, -0.1) is 0 Å². The van der Waals surface area contributed by atoms with Crippen molar-refractivity contribution in [3.63, 3.8) is 0 Å². The third-order valence-corrected chi connectivity index (χ3v) is 1.79. The SMILES string of the molecule is CN=CCCN=CC(N)C1OC1N. The van der Waals surface area contributed by atoms with Crippen LogP contribution >= 0.6 is 0 Å². The Hall–Kier alpha value is -0.780. The third-order valence-electron chi connectivity index (χ3n) is 1.79. The highest BCUT2D eigenvalue weighted by atomic mass is 16.6. The van der Waals surface area contributed by atoms with E-state index in [0.29, 0.717) is 6.54 Å². The van der Waals surface area contributed by atoms with Crippen LogP contribution in [0.1, 0.15) is 6.42 Å². The molecule has 0 aromatic heterocycles. The van der Waals surface area contributed by atoms with Gasteiger partial charge in [0.1, 0.15) is 12.3 Å². The molecular formula is C8H16N4O. The molecule has 5 heteroatoms. The normalized spacial score (nSPS) is 30.1. The summed E-state index contributed by atoms with van der Waals surface area (Å²) in [7, 11) is 1.74. The Labute approximate surface area is 77.9 Å². The first kappa shape index (κ1) is 10.3.